The Morgan fingerprint density at radius 3 is 2.60 bits per heavy atom. The molecule has 7 heteroatoms. The van der Waals surface area contributed by atoms with Crippen molar-refractivity contribution < 1.29 is 23.0 Å². The smallest absolute Gasteiger partial charge is 0.281 e. The molecule has 3 rings (SSSR count). The summed E-state index contributed by atoms with van der Waals surface area (Å²) in [6.07, 6.45) is -2.61. The van der Waals surface area contributed by atoms with E-state index in [0.29, 0.717) is 4.47 Å². The molecule has 0 bridgehead atoms. The summed E-state index contributed by atoms with van der Waals surface area (Å²) in [4.78, 5) is 0. The maximum atomic E-state index is 13.8. The molecule has 0 aliphatic heterocycles. The van der Waals surface area contributed by atoms with E-state index in [0.717, 1.165) is 12.1 Å². The van der Waals surface area contributed by atoms with Crippen molar-refractivity contribution in [3.05, 3.63) is 57.3 Å². The van der Waals surface area contributed by atoms with Crippen molar-refractivity contribution in [3.8, 4) is 17.6 Å². The van der Waals surface area contributed by atoms with Crippen LogP contribution in [0, 0.1) is 17.1 Å². The highest BCUT2D eigenvalue weighted by Gasteiger charge is 2.49. The highest BCUT2D eigenvalue weighted by atomic mass is 79.9. The van der Waals surface area contributed by atoms with Crippen LogP contribution in [0.25, 0.3) is 0 Å². The van der Waals surface area contributed by atoms with E-state index < -0.39 is 24.3 Å². The van der Waals surface area contributed by atoms with Crippen LogP contribution in [-0.2, 0) is 6.42 Å². The molecule has 0 saturated heterocycles. The number of rotatable bonds is 2. The van der Waals surface area contributed by atoms with Gasteiger partial charge in [-0.2, -0.15) is 5.26 Å². The number of aliphatic hydroxyl groups excluding tert-OH is 1. The van der Waals surface area contributed by atoms with Crippen molar-refractivity contribution in [1.29, 1.82) is 5.26 Å². The molecule has 0 saturated carbocycles. The molecular weight excluding hydrogens is 399 g/mol. The third kappa shape index (κ3) is 3.80. The van der Waals surface area contributed by atoms with Gasteiger partial charge in [0.2, 0.25) is 0 Å². The Kier molecular flexibility index (Phi) is 5.76. The molecule has 0 radical (unpaired) electrons. The van der Waals surface area contributed by atoms with E-state index >= 15 is 0 Å². The minimum atomic E-state index is -3.30. The standard InChI is InChI=1S/C16H9BrF3NO2.C2H6/c17-12-1-2-13(11-6-16(19,20)15(22)14(11)12)23-10-4-8(7-21)3-9(18)5-10;1-2/h1-5,15,22H,6H2;1-2H3. The fourth-order valence-corrected chi connectivity index (χ4v) is 3.13. The summed E-state index contributed by atoms with van der Waals surface area (Å²) in [5.74, 6) is -3.85. The molecule has 3 nitrogen and oxygen atoms in total. The van der Waals surface area contributed by atoms with Gasteiger partial charge in [-0.3, -0.25) is 0 Å². The maximum Gasteiger partial charge on any atom is 0.281 e. The third-order valence-corrected chi connectivity index (χ3v) is 4.27. The van der Waals surface area contributed by atoms with Crippen LogP contribution in [0.15, 0.2) is 34.8 Å². The summed E-state index contributed by atoms with van der Waals surface area (Å²) in [5.41, 5.74) is 0.267. The Bertz CT molecular complexity index is 834. The molecule has 1 aliphatic rings. The lowest BCUT2D eigenvalue weighted by molar-refractivity contribution is -0.0970. The number of benzene rings is 2. The second kappa shape index (κ2) is 7.46. The van der Waals surface area contributed by atoms with Gasteiger partial charge in [0.1, 0.15) is 23.4 Å². The van der Waals surface area contributed by atoms with Gasteiger partial charge in [0.05, 0.1) is 11.6 Å². The second-order valence-corrected chi connectivity index (χ2v) is 6.02. The molecule has 0 fully saturated rings. The molecule has 2 aromatic rings. The Morgan fingerprint density at radius 2 is 1.96 bits per heavy atom. The lowest BCUT2D eigenvalue weighted by Crippen LogP contribution is -2.21. The van der Waals surface area contributed by atoms with Gasteiger partial charge in [0.15, 0.2) is 0 Å². The van der Waals surface area contributed by atoms with Crippen LogP contribution in [-0.4, -0.2) is 11.0 Å². The predicted octanol–water partition coefficient (Wildman–Crippen LogP) is 5.50. The van der Waals surface area contributed by atoms with E-state index in [-0.39, 0.29) is 28.2 Å². The lowest BCUT2D eigenvalue weighted by atomic mass is 10.1. The number of nitriles is 1. The third-order valence-electron chi connectivity index (χ3n) is 3.58. The number of halogens is 4. The first-order valence-corrected chi connectivity index (χ1v) is 8.37. The van der Waals surface area contributed by atoms with Crippen molar-refractivity contribution in [2.75, 3.05) is 0 Å². The minimum absolute atomic E-state index is 0.0239. The highest BCUT2D eigenvalue weighted by Crippen LogP contribution is 2.49. The van der Waals surface area contributed by atoms with Gasteiger partial charge in [-0.1, -0.05) is 29.8 Å². The zero-order valence-corrected chi connectivity index (χ0v) is 15.1. The van der Waals surface area contributed by atoms with E-state index in [4.69, 9.17) is 10.00 Å². The van der Waals surface area contributed by atoms with Crippen molar-refractivity contribution in [3.63, 3.8) is 0 Å². The average Bonchev–Trinajstić information content (AvgIpc) is 2.82. The average molecular weight is 414 g/mol. The number of nitrogens with zero attached hydrogens (tertiary/aromatic N) is 1. The summed E-state index contributed by atoms with van der Waals surface area (Å²) in [6.45, 7) is 4.00. The lowest BCUT2D eigenvalue weighted by Gasteiger charge is -2.14. The van der Waals surface area contributed by atoms with E-state index in [1.807, 2.05) is 13.8 Å². The normalized spacial score (nSPS) is 17.1. The second-order valence-electron chi connectivity index (χ2n) is 5.17. The van der Waals surface area contributed by atoms with Gasteiger partial charge in [-0.25, -0.2) is 13.2 Å². The maximum absolute atomic E-state index is 13.8. The Morgan fingerprint density at radius 1 is 1.28 bits per heavy atom. The van der Waals surface area contributed by atoms with Gasteiger partial charge < -0.3 is 9.84 Å². The summed E-state index contributed by atoms with van der Waals surface area (Å²) < 4.78 is 46.8. The van der Waals surface area contributed by atoms with Gasteiger partial charge in [0.25, 0.3) is 5.92 Å². The minimum Gasteiger partial charge on any atom is -0.457 e. The quantitative estimate of drug-likeness (QED) is 0.706. The molecular formula is C18H15BrF3NO2. The number of hydrogen-bond acceptors (Lipinski definition) is 3. The topological polar surface area (TPSA) is 53.2 Å². The molecule has 25 heavy (non-hydrogen) atoms. The Hall–Kier alpha value is -2.04. The molecule has 1 N–H and O–H groups in total. The summed E-state index contributed by atoms with van der Waals surface area (Å²) in [5, 5.41) is 18.6. The van der Waals surface area contributed by atoms with Gasteiger partial charge in [-0.15, -0.1) is 0 Å². The summed E-state index contributed by atoms with van der Waals surface area (Å²) in [6, 6.07) is 8.12. The number of ether oxygens (including phenoxy) is 1. The monoisotopic (exact) mass is 413 g/mol. The number of aliphatic hydroxyl groups is 1. The molecule has 2 aromatic carbocycles. The Labute approximate surface area is 151 Å². The van der Waals surface area contributed by atoms with Crippen molar-refractivity contribution >= 4 is 15.9 Å². The molecule has 132 valence electrons. The van der Waals surface area contributed by atoms with Crippen molar-refractivity contribution in [2.24, 2.45) is 0 Å². The number of alkyl halides is 2. The van der Waals surface area contributed by atoms with Gasteiger partial charge in [-0.05, 0) is 24.3 Å². The molecule has 0 aromatic heterocycles. The van der Waals surface area contributed by atoms with Crippen LogP contribution in [0.5, 0.6) is 11.5 Å². The van der Waals surface area contributed by atoms with E-state index in [1.54, 1.807) is 6.07 Å². The van der Waals surface area contributed by atoms with E-state index in [1.165, 1.54) is 18.2 Å². The zero-order chi connectivity index (χ0) is 18.8. The first-order valence-electron chi connectivity index (χ1n) is 7.57. The van der Waals surface area contributed by atoms with Crippen LogP contribution < -0.4 is 4.74 Å². The molecule has 1 aliphatic carbocycles. The highest BCUT2D eigenvalue weighted by molar-refractivity contribution is 9.10. The number of fused-ring (bicyclic) bond motifs is 1. The van der Waals surface area contributed by atoms with Gasteiger partial charge >= 0.3 is 0 Å². The fraction of sp³-hybridized carbons (Fsp3) is 0.278. The summed E-state index contributed by atoms with van der Waals surface area (Å²) >= 11 is 3.14. The van der Waals surface area contributed by atoms with Crippen LogP contribution in [0.4, 0.5) is 13.2 Å². The molecule has 0 amide bonds. The Balaban J connectivity index is 0.00000109. The first-order chi connectivity index (χ1) is 11.8. The predicted molar refractivity (Wildman–Crippen MR) is 90.3 cm³/mol. The van der Waals surface area contributed by atoms with Crippen molar-refractivity contribution in [1.82, 2.24) is 0 Å². The van der Waals surface area contributed by atoms with Crippen LogP contribution in [0.2, 0.25) is 0 Å². The van der Waals surface area contributed by atoms with Crippen LogP contribution in [0.1, 0.15) is 36.6 Å². The van der Waals surface area contributed by atoms with E-state index in [2.05, 4.69) is 15.9 Å². The zero-order valence-electron chi connectivity index (χ0n) is 13.5. The van der Waals surface area contributed by atoms with Crippen LogP contribution >= 0.6 is 15.9 Å². The van der Waals surface area contributed by atoms with E-state index in [9.17, 15) is 18.3 Å². The molecule has 1 atom stereocenters. The molecule has 0 heterocycles. The van der Waals surface area contributed by atoms with Gasteiger partial charge in [0, 0.05) is 28.1 Å². The van der Waals surface area contributed by atoms with Crippen LogP contribution in [0.3, 0.4) is 0 Å². The first kappa shape index (κ1) is 19.3. The molecule has 0 spiro atoms. The summed E-state index contributed by atoms with van der Waals surface area (Å²) in [7, 11) is 0. The number of hydrogen-bond donors (Lipinski definition) is 1. The SMILES string of the molecule is CC.N#Cc1cc(F)cc(Oc2ccc(Br)c3c2CC(F)(F)C3O)c1. The van der Waals surface area contributed by atoms with Crippen molar-refractivity contribution in [2.45, 2.75) is 32.3 Å². The molecule has 1 unspecified atom stereocenters. The fourth-order valence-electron chi connectivity index (χ4n) is 2.55. The largest absolute Gasteiger partial charge is 0.457 e.